The third-order valence-corrected chi connectivity index (χ3v) is 3.64. The van der Waals surface area contributed by atoms with Crippen LogP contribution in [0.4, 0.5) is 4.79 Å². The van der Waals surface area contributed by atoms with Crippen LogP contribution >= 0.6 is 0 Å². The molecule has 0 unspecified atom stereocenters. The van der Waals surface area contributed by atoms with E-state index in [1.54, 1.807) is 7.05 Å². The molecule has 1 heterocycles. The number of nitrogens with zero attached hydrogens (tertiary/aromatic N) is 3. The largest absolute Gasteiger partial charge is 0.480 e. The summed E-state index contributed by atoms with van der Waals surface area (Å²) in [5.41, 5.74) is 3.83. The summed E-state index contributed by atoms with van der Waals surface area (Å²) in [6, 6.07) is 8.38. The van der Waals surface area contributed by atoms with Gasteiger partial charge >= 0.3 is 12.0 Å². The first-order valence-electron chi connectivity index (χ1n) is 7.65. The van der Waals surface area contributed by atoms with E-state index in [4.69, 9.17) is 5.11 Å². The number of rotatable bonds is 5. The van der Waals surface area contributed by atoms with Crippen molar-refractivity contribution >= 4 is 12.0 Å². The fourth-order valence-electron chi connectivity index (χ4n) is 2.38. The van der Waals surface area contributed by atoms with Gasteiger partial charge in [0.2, 0.25) is 0 Å². The van der Waals surface area contributed by atoms with Crippen LogP contribution in [0.1, 0.15) is 23.9 Å². The van der Waals surface area contributed by atoms with Crippen LogP contribution in [-0.2, 0) is 11.3 Å². The van der Waals surface area contributed by atoms with Gasteiger partial charge in [0.25, 0.3) is 0 Å². The van der Waals surface area contributed by atoms with Crippen molar-refractivity contribution in [3.8, 4) is 5.69 Å². The minimum absolute atomic E-state index is 0.366. The zero-order valence-electron chi connectivity index (χ0n) is 14.3. The molecule has 1 atom stereocenters. The number of carbonyl (C=O) groups is 2. The molecule has 0 aliphatic heterocycles. The molecule has 2 aromatic rings. The summed E-state index contributed by atoms with van der Waals surface area (Å²) in [5, 5.41) is 15.7. The Morgan fingerprint density at radius 2 is 2.04 bits per heavy atom. The van der Waals surface area contributed by atoms with Crippen molar-refractivity contribution in [2.75, 3.05) is 7.05 Å². The van der Waals surface area contributed by atoms with Crippen molar-refractivity contribution in [3.63, 3.8) is 0 Å². The van der Waals surface area contributed by atoms with Gasteiger partial charge in [-0.05, 0) is 44.5 Å². The first-order valence-corrected chi connectivity index (χ1v) is 7.65. The number of carbonyl (C=O) groups excluding carboxylic acids is 1. The lowest BCUT2D eigenvalue weighted by atomic mass is 10.2. The predicted octanol–water partition coefficient (Wildman–Crippen LogP) is 2.10. The standard InChI is InChI=1S/C17H22N4O3/c1-11-8-12(2)21(19-11)15-7-5-6-14(9-15)10-20(4)17(24)18-13(3)16(22)23/h5-9,13H,10H2,1-4H3,(H,18,24)(H,22,23)/t13-/m0/s1. The number of aromatic nitrogens is 2. The van der Waals surface area contributed by atoms with Crippen molar-refractivity contribution in [3.05, 3.63) is 47.3 Å². The number of nitrogens with one attached hydrogen (secondary N) is 1. The molecule has 7 heteroatoms. The van der Waals surface area contributed by atoms with Crippen molar-refractivity contribution in [2.45, 2.75) is 33.4 Å². The van der Waals surface area contributed by atoms with Crippen LogP contribution < -0.4 is 5.32 Å². The molecule has 7 nitrogen and oxygen atoms in total. The van der Waals surface area contributed by atoms with Crippen LogP contribution in [-0.4, -0.2) is 44.9 Å². The Hall–Kier alpha value is -2.83. The molecule has 2 N–H and O–H groups in total. The highest BCUT2D eigenvalue weighted by Crippen LogP contribution is 2.15. The van der Waals surface area contributed by atoms with Crippen LogP contribution in [0.3, 0.4) is 0 Å². The second-order valence-corrected chi connectivity index (χ2v) is 5.87. The molecule has 0 bridgehead atoms. The topological polar surface area (TPSA) is 87.5 Å². The normalized spacial score (nSPS) is 11.8. The molecule has 0 fully saturated rings. The molecular weight excluding hydrogens is 308 g/mol. The molecule has 0 aliphatic rings. The summed E-state index contributed by atoms with van der Waals surface area (Å²) >= 11 is 0. The summed E-state index contributed by atoms with van der Waals surface area (Å²) in [6.45, 7) is 5.72. The van der Waals surface area contributed by atoms with E-state index in [0.29, 0.717) is 6.54 Å². The number of hydrogen-bond donors (Lipinski definition) is 2. The van der Waals surface area contributed by atoms with Crippen LogP contribution in [0.25, 0.3) is 5.69 Å². The Morgan fingerprint density at radius 3 is 2.62 bits per heavy atom. The third-order valence-electron chi connectivity index (χ3n) is 3.64. The van der Waals surface area contributed by atoms with Gasteiger partial charge in [-0.15, -0.1) is 0 Å². The van der Waals surface area contributed by atoms with Gasteiger partial charge < -0.3 is 15.3 Å². The maximum Gasteiger partial charge on any atom is 0.325 e. The van der Waals surface area contributed by atoms with E-state index >= 15 is 0 Å². The van der Waals surface area contributed by atoms with Crippen molar-refractivity contribution in [2.24, 2.45) is 0 Å². The summed E-state index contributed by atoms with van der Waals surface area (Å²) < 4.78 is 1.85. The first kappa shape index (κ1) is 17.5. The van der Waals surface area contributed by atoms with Crippen LogP contribution in [0.2, 0.25) is 0 Å². The van der Waals surface area contributed by atoms with Crippen LogP contribution in [0.5, 0.6) is 0 Å². The smallest absolute Gasteiger partial charge is 0.325 e. The number of carboxylic acid groups (broad SMARTS) is 1. The molecule has 1 aromatic heterocycles. The van der Waals surface area contributed by atoms with E-state index in [1.807, 2.05) is 48.9 Å². The summed E-state index contributed by atoms with van der Waals surface area (Å²) in [5.74, 6) is -1.07. The quantitative estimate of drug-likeness (QED) is 0.879. The lowest BCUT2D eigenvalue weighted by Gasteiger charge is -2.20. The minimum Gasteiger partial charge on any atom is -0.480 e. The summed E-state index contributed by atoms with van der Waals surface area (Å²) in [4.78, 5) is 24.3. The molecule has 0 aliphatic carbocycles. The van der Waals surface area contributed by atoms with Gasteiger partial charge in [-0.25, -0.2) is 9.48 Å². The maximum absolute atomic E-state index is 12.0. The Morgan fingerprint density at radius 1 is 1.33 bits per heavy atom. The van der Waals surface area contributed by atoms with Crippen LogP contribution in [0, 0.1) is 13.8 Å². The Labute approximate surface area is 140 Å². The van der Waals surface area contributed by atoms with Crippen LogP contribution in [0.15, 0.2) is 30.3 Å². The molecule has 2 amide bonds. The van der Waals surface area contributed by atoms with E-state index in [1.165, 1.54) is 11.8 Å². The number of benzene rings is 1. The molecule has 0 radical (unpaired) electrons. The lowest BCUT2D eigenvalue weighted by Crippen LogP contribution is -2.44. The Balaban J connectivity index is 2.10. The van der Waals surface area contributed by atoms with Gasteiger partial charge in [0.15, 0.2) is 0 Å². The molecule has 0 saturated heterocycles. The average Bonchev–Trinajstić information content (AvgIpc) is 2.85. The molecule has 24 heavy (non-hydrogen) atoms. The number of aliphatic carboxylic acids is 1. The van der Waals surface area contributed by atoms with E-state index < -0.39 is 18.0 Å². The van der Waals surface area contributed by atoms with E-state index in [-0.39, 0.29) is 0 Å². The summed E-state index contributed by atoms with van der Waals surface area (Å²) in [6.07, 6.45) is 0. The SMILES string of the molecule is Cc1cc(C)n(-c2cccc(CN(C)C(=O)N[C@@H](C)C(=O)O)c2)n1. The molecule has 0 spiro atoms. The fraction of sp³-hybridized carbons (Fsp3) is 0.353. The van der Waals surface area contributed by atoms with Gasteiger partial charge in [-0.3, -0.25) is 4.79 Å². The zero-order chi connectivity index (χ0) is 17.9. The number of aryl methyl sites for hydroxylation is 2. The summed E-state index contributed by atoms with van der Waals surface area (Å²) in [7, 11) is 1.62. The molecular formula is C17H22N4O3. The van der Waals surface area contributed by atoms with E-state index in [9.17, 15) is 9.59 Å². The first-order chi connectivity index (χ1) is 11.3. The monoisotopic (exact) mass is 330 g/mol. The number of urea groups is 1. The van der Waals surface area contributed by atoms with E-state index in [0.717, 1.165) is 22.6 Å². The minimum atomic E-state index is -1.07. The van der Waals surface area contributed by atoms with Crippen molar-refractivity contribution in [1.29, 1.82) is 0 Å². The van der Waals surface area contributed by atoms with Gasteiger partial charge in [0, 0.05) is 19.3 Å². The average molecular weight is 330 g/mol. The highest BCUT2D eigenvalue weighted by atomic mass is 16.4. The lowest BCUT2D eigenvalue weighted by molar-refractivity contribution is -0.138. The Kier molecular flexibility index (Phi) is 5.23. The number of amides is 2. The molecule has 0 saturated carbocycles. The second kappa shape index (κ2) is 7.16. The Bertz CT molecular complexity index is 754. The van der Waals surface area contributed by atoms with Gasteiger partial charge in [-0.2, -0.15) is 5.10 Å². The van der Waals surface area contributed by atoms with Gasteiger partial charge in [0.05, 0.1) is 11.4 Å². The zero-order valence-corrected chi connectivity index (χ0v) is 14.3. The number of carboxylic acids is 1. The maximum atomic E-state index is 12.0. The molecule has 2 rings (SSSR count). The second-order valence-electron chi connectivity index (χ2n) is 5.87. The van der Waals surface area contributed by atoms with Gasteiger partial charge in [0.1, 0.15) is 6.04 Å². The van der Waals surface area contributed by atoms with Crippen molar-refractivity contribution < 1.29 is 14.7 Å². The fourth-order valence-corrected chi connectivity index (χ4v) is 2.38. The highest BCUT2D eigenvalue weighted by molar-refractivity contribution is 5.82. The third kappa shape index (κ3) is 4.13. The van der Waals surface area contributed by atoms with E-state index in [2.05, 4.69) is 10.4 Å². The van der Waals surface area contributed by atoms with Crippen molar-refractivity contribution in [1.82, 2.24) is 20.0 Å². The molecule has 1 aromatic carbocycles. The highest BCUT2D eigenvalue weighted by Gasteiger charge is 2.17. The number of hydrogen-bond acceptors (Lipinski definition) is 3. The van der Waals surface area contributed by atoms with Gasteiger partial charge in [-0.1, -0.05) is 12.1 Å². The molecule has 128 valence electrons. The predicted molar refractivity (Wildman–Crippen MR) is 90.1 cm³/mol.